The maximum Gasteiger partial charge on any atom is 0.167 e. The summed E-state index contributed by atoms with van der Waals surface area (Å²) < 4.78 is 5.49. The second-order valence-corrected chi connectivity index (χ2v) is 6.46. The number of para-hydroxylation sites is 1. The molecule has 0 saturated carbocycles. The van der Waals surface area contributed by atoms with Crippen LogP contribution < -0.4 is 9.64 Å². The van der Waals surface area contributed by atoms with Crippen molar-refractivity contribution in [1.29, 1.82) is 0 Å². The Labute approximate surface area is 148 Å². The van der Waals surface area contributed by atoms with E-state index >= 15 is 0 Å². The number of fused-ring (bicyclic) bond motifs is 1. The number of phenolic OH excluding ortho intramolecular Hbond substituents is 1. The number of anilines is 1. The van der Waals surface area contributed by atoms with E-state index in [0.29, 0.717) is 17.9 Å². The fourth-order valence-corrected chi connectivity index (χ4v) is 3.16. The quantitative estimate of drug-likeness (QED) is 0.751. The van der Waals surface area contributed by atoms with Gasteiger partial charge < -0.3 is 14.7 Å². The first-order valence-corrected chi connectivity index (χ1v) is 8.46. The van der Waals surface area contributed by atoms with E-state index in [1.54, 1.807) is 6.07 Å². The van der Waals surface area contributed by atoms with Crippen LogP contribution in [0, 0.1) is 13.8 Å². The molecule has 0 bridgehead atoms. The van der Waals surface area contributed by atoms with Crippen molar-refractivity contribution in [3.63, 3.8) is 0 Å². The van der Waals surface area contributed by atoms with E-state index in [-0.39, 0.29) is 5.75 Å². The van der Waals surface area contributed by atoms with E-state index in [4.69, 9.17) is 9.72 Å². The first-order valence-electron chi connectivity index (χ1n) is 8.46. The summed E-state index contributed by atoms with van der Waals surface area (Å²) in [5, 5.41) is 11.7. The molecule has 0 aliphatic rings. The third-order valence-electron chi connectivity index (χ3n) is 4.39. The standard InChI is InChI=1S/C21H24N2O2/c1-6-25-20-9-7-8-15(21(20)24)17-10-13(2)16-12-19(23(4)5)14(3)11-18(16)22-17/h7-12,24H,6H2,1-5H3. The van der Waals surface area contributed by atoms with Gasteiger partial charge in [0.15, 0.2) is 11.5 Å². The predicted molar refractivity (Wildman–Crippen MR) is 104 cm³/mol. The van der Waals surface area contributed by atoms with Crippen molar-refractivity contribution in [2.24, 2.45) is 0 Å². The Kier molecular flexibility index (Phi) is 4.53. The Bertz CT molecular complexity index is 933. The van der Waals surface area contributed by atoms with Crippen LogP contribution in [0.4, 0.5) is 5.69 Å². The van der Waals surface area contributed by atoms with Gasteiger partial charge in [-0.2, -0.15) is 0 Å². The van der Waals surface area contributed by atoms with Crippen LogP contribution in [0.3, 0.4) is 0 Å². The summed E-state index contributed by atoms with van der Waals surface area (Å²) in [6.07, 6.45) is 0. The van der Waals surface area contributed by atoms with Gasteiger partial charge in [-0.15, -0.1) is 0 Å². The molecule has 4 heteroatoms. The lowest BCUT2D eigenvalue weighted by molar-refractivity contribution is 0.318. The largest absolute Gasteiger partial charge is 0.504 e. The fourth-order valence-electron chi connectivity index (χ4n) is 3.16. The first-order chi connectivity index (χ1) is 11.9. The summed E-state index contributed by atoms with van der Waals surface area (Å²) in [5.74, 6) is 0.621. The minimum Gasteiger partial charge on any atom is -0.504 e. The van der Waals surface area contributed by atoms with Crippen molar-refractivity contribution in [1.82, 2.24) is 4.98 Å². The van der Waals surface area contributed by atoms with Crippen molar-refractivity contribution in [2.45, 2.75) is 20.8 Å². The molecule has 0 aliphatic carbocycles. The van der Waals surface area contributed by atoms with Gasteiger partial charge in [-0.05, 0) is 62.2 Å². The molecule has 1 aromatic heterocycles. The maximum absolute atomic E-state index is 10.5. The van der Waals surface area contributed by atoms with E-state index < -0.39 is 0 Å². The van der Waals surface area contributed by atoms with Crippen LogP contribution in [-0.4, -0.2) is 30.8 Å². The third kappa shape index (κ3) is 3.12. The van der Waals surface area contributed by atoms with Crippen molar-refractivity contribution in [2.75, 3.05) is 25.6 Å². The van der Waals surface area contributed by atoms with Gasteiger partial charge in [-0.25, -0.2) is 4.98 Å². The van der Waals surface area contributed by atoms with Crippen LogP contribution in [0.15, 0.2) is 36.4 Å². The molecule has 3 rings (SSSR count). The topological polar surface area (TPSA) is 45.6 Å². The normalized spacial score (nSPS) is 10.9. The molecule has 0 saturated heterocycles. The zero-order valence-corrected chi connectivity index (χ0v) is 15.4. The summed E-state index contributed by atoms with van der Waals surface area (Å²) in [4.78, 5) is 6.91. The summed E-state index contributed by atoms with van der Waals surface area (Å²) in [5.41, 5.74) is 5.86. The third-order valence-corrected chi connectivity index (χ3v) is 4.39. The van der Waals surface area contributed by atoms with Gasteiger partial charge >= 0.3 is 0 Å². The minimum atomic E-state index is 0.136. The van der Waals surface area contributed by atoms with Crippen LogP contribution in [0.1, 0.15) is 18.1 Å². The van der Waals surface area contributed by atoms with Crippen molar-refractivity contribution in [3.05, 3.63) is 47.5 Å². The highest BCUT2D eigenvalue weighted by molar-refractivity contribution is 5.90. The Morgan fingerprint density at radius 2 is 1.84 bits per heavy atom. The smallest absolute Gasteiger partial charge is 0.167 e. The van der Waals surface area contributed by atoms with Crippen molar-refractivity contribution < 1.29 is 9.84 Å². The summed E-state index contributed by atoms with van der Waals surface area (Å²) in [7, 11) is 4.09. The molecule has 0 fully saturated rings. The lowest BCUT2D eigenvalue weighted by Crippen LogP contribution is -2.10. The molecule has 3 aromatic rings. The molecule has 0 unspecified atom stereocenters. The zero-order chi connectivity index (χ0) is 18.1. The van der Waals surface area contributed by atoms with Gasteiger partial charge in [0.25, 0.3) is 0 Å². The molecule has 1 heterocycles. The first kappa shape index (κ1) is 17.1. The molecule has 0 radical (unpaired) electrons. The second-order valence-electron chi connectivity index (χ2n) is 6.46. The van der Waals surface area contributed by atoms with E-state index in [9.17, 15) is 5.11 Å². The van der Waals surface area contributed by atoms with Gasteiger partial charge in [0.1, 0.15) is 0 Å². The molecule has 0 amide bonds. The number of hydrogen-bond acceptors (Lipinski definition) is 4. The van der Waals surface area contributed by atoms with E-state index in [1.807, 2.05) is 39.2 Å². The van der Waals surface area contributed by atoms with Crippen LogP contribution in [-0.2, 0) is 0 Å². The number of pyridine rings is 1. The zero-order valence-electron chi connectivity index (χ0n) is 15.4. The molecule has 0 atom stereocenters. The average molecular weight is 336 g/mol. The molecule has 0 spiro atoms. The van der Waals surface area contributed by atoms with Gasteiger partial charge in [-0.3, -0.25) is 0 Å². The number of aryl methyl sites for hydroxylation is 2. The number of rotatable bonds is 4. The Morgan fingerprint density at radius 3 is 2.52 bits per heavy atom. The van der Waals surface area contributed by atoms with Gasteiger partial charge in [0, 0.05) is 30.7 Å². The molecular formula is C21H24N2O2. The molecular weight excluding hydrogens is 312 g/mol. The SMILES string of the molecule is CCOc1cccc(-c2cc(C)c3cc(N(C)C)c(C)cc3n2)c1O. The molecule has 2 aromatic carbocycles. The maximum atomic E-state index is 10.5. The molecule has 4 nitrogen and oxygen atoms in total. The van der Waals surface area contributed by atoms with Gasteiger partial charge in [0.05, 0.1) is 17.8 Å². The number of nitrogens with zero attached hydrogens (tertiary/aromatic N) is 2. The number of aromatic hydroxyl groups is 1. The molecule has 25 heavy (non-hydrogen) atoms. The Hall–Kier alpha value is -2.75. The highest BCUT2D eigenvalue weighted by atomic mass is 16.5. The number of phenols is 1. The van der Waals surface area contributed by atoms with Crippen molar-refractivity contribution in [3.8, 4) is 22.8 Å². The summed E-state index contributed by atoms with van der Waals surface area (Å²) in [6.45, 7) is 6.57. The Balaban J connectivity index is 2.19. The Morgan fingerprint density at radius 1 is 1.08 bits per heavy atom. The molecule has 1 N–H and O–H groups in total. The monoisotopic (exact) mass is 336 g/mol. The van der Waals surface area contributed by atoms with Crippen LogP contribution in [0.2, 0.25) is 0 Å². The van der Waals surface area contributed by atoms with Crippen LogP contribution in [0.25, 0.3) is 22.2 Å². The number of ether oxygens (including phenoxy) is 1. The van der Waals surface area contributed by atoms with E-state index in [0.717, 1.165) is 22.2 Å². The van der Waals surface area contributed by atoms with E-state index in [2.05, 4.69) is 30.9 Å². The highest BCUT2D eigenvalue weighted by Gasteiger charge is 2.14. The number of benzene rings is 2. The summed E-state index contributed by atoms with van der Waals surface area (Å²) >= 11 is 0. The molecule has 130 valence electrons. The lowest BCUT2D eigenvalue weighted by Gasteiger charge is -2.18. The van der Waals surface area contributed by atoms with Crippen LogP contribution >= 0.6 is 0 Å². The average Bonchev–Trinajstić information content (AvgIpc) is 2.56. The number of aromatic nitrogens is 1. The summed E-state index contributed by atoms with van der Waals surface area (Å²) in [6, 6.07) is 11.8. The van der Waals surface area contributed by atoms with Crippen molar-refractivity contribution >= 4 is 16.6 Å². The second kappa shape index (κ2) is 6.63. The van der Waals surface area contributed by atoms with Gasteiger partial charge in [0.2, 0.25) is 0 Å². The lowest BCUT2D eigenvalue weighted by atomic mass is 10.0. The number of hydrogen-bond donors (Lipinski definition) is 1. The van der Waals surface area contributed by atoms with Gasteiger partial charge in [-0.1, -0.05) is 6.07 Å². The van der Waals surface area contributed by atoms with E-state index in [1.165, 1.54) is 11.3 Å². The minimum absolute atomic E-state index is 0.136. The molecule has 0 aliphatic heterocycles. The van der Waals surface area contributed by atoms with Crippen LogP contribution in [0.5, 0.6) is 11.5 Å². The highest BCUT2D eigenvalue weighted by Crippen LogP contribution is 2.38. The fraction of sp³-hybridized carbons (Fsp3) is 0.286. The predicted octanol–water partition coefficient (Wildman–Crippen LogP) is 4.69.